The molecule has 1 unspecified atom stereocenters. The summed E-state index contributed by atoms with van der Waals surface area (Å²) in [4.78, 5) is 0.344. The summed E-state index contributed by atoms with van der Waals surface area (Å²) >= 11 is 0. The van der Waals surface area contributed by atoms with Crippen LogP contribution in [0.2, 0.25) is 0 Å². The van der Waals surface area contributed by atoms with Gasteiger partial charge in [0.2, 0.25) is 10.0 Å². The summed E-state index contributed by atoms with van der Waals surface area (Å²) in [6.45, 7) is 4.69. The van der Waals surface area contributed by atoms with Crippen LogP contribution in [0.4, 0.5) is 5.69 Å². The molecule has 0 bridgehead atoms. The number of para-hydroxylation sites is 1. The van der Waals surface area contributed by atoms with Crippen molar-refractivity contribution in [2.45, 2.75) is 50.5 Å². The second kappa shape index (κ2) is 6.59. The van der Waals surface area contributed by atoms with Crippen LogP contribution in [-0.4, -0.2) is 21.0 Å². The van der Waals surface area contributed by atoms with E-state index in [4.69, 9.17) is 0 Å². The Morgan fingerprint density at radius 3 is 2.55 bits per heavy atom. The van der Waals surface area contributed by atoms with Crippen LogP contribution in [0.1, 0.15) is 39.5 Å². The molecular weight excluding hydrogens is 272 g/mol. The van der Waals surface area contributed by atoms with Gasteiger partial charge >= 0.3 is 0 Å². The van der Waals surface area contributed by atoms with Gasteiger partial charge in [0.1, 0.15) is 4.90 Å². The lowest BCUT2D eigenvalue weighted by Gasteiger charge is -2.18. The van der Waals surface area contributed by atoms with Gasteiger partial charge in [0.25, 0.3) is 0 Å². The molecule has 0 amide bonds. The minimum atomic E-state index is -3.45. The first kappa shape index (κ1) is 15.3. The highest BCUT2D eigenvalue weighted by molar-refractivity contribution is 7.89. The molecule has 0 spiro atoms. The van der Waals surface area contributed by atoms with Gasteiger partial charge in [-0.15, -0.1) is 0 Å². The Kier molecular flexibility index (Phi) is 5.05. The molecule has 0 saturated heterocycles. The van der Waals surface area contributed by atoms with Crippen LogP contribution < -0.4 is 10.0 Å². The molecule has 2 rings (SSSR count). The van der Waals surface area contributed by atoms with Crippen molar-refractivity contribution < 1.29 is 8.42 Å². The van der Waals surface area contributed by atoms with E-state index in [0.29, 0.717) is 23.0 Å². The van der Waals surface area contributed by atoms with E-state index in [1.807, 2.05) is 19.9 Å². The molecule has 0 aliphatic heterocycles. The average Bonchev–Trinajstić information content (AvgIpc) is 3.22. The first-order valence-corrected chi connectivity index (χ1v) is 8.90. The minimum Gasteiger partial charge on any atom is -0.384 e. The molecule has 4 nitrogen and oxygen atoms in total. The highest BCUT2D eigenvalue weighted by Crippen LogP contribution is 2.34. The first-order valence-electron chi connectivity index (χ1n) is 7.42. The molecule has 20 heavy (non-hydrogen) atoms. The van der Waals surface area contributed by atoms with Crippen molar-refractivity contribution in [2.24, 2.45) is 5.92 Å². The average molecular weight is 296 g/mol. The zero-order valence-electron chi connectivity index (χ0n) is 12.2. The maximum absolute atomic E-state index is 12.5. The van der Waals surface area contributed by atoms with Gasteiger partial charge in [-0.25, -0.2) is 13.1 Å². The molecule has 1 aliphatic rings. The third-order valence-corrected chi connectivity index (χ3v) is 5.25. The zero-order chi connectivity index (χ0) is 14.6. The lowest BCUT2D eigenvalue weighted by molar-refractivity contribution is 0.495. The summed E-state index contributed by atoms with van der Waals surface area (Å²) in [7, 11) is -3.45. The maximum Gasteiger partial charge on any atom is 0.242 e. The van der Waals surface area contributed by atoms with Gasteiger partial charge in [-0.3, -0.25) is 0 Å². The summed E-state index contributed by atoms with van der Waals surface area (Å²) in [5.41, 5.74) is 0.670. The Balaban J connectivity index is 2.15. The van der Waals surface area contributed by atoms with E-state index in [0.717, 1.165) is 12.8 Å². The highest BCUT2D eigenvalue weighted by Gasteiger charge is 2.28. The molecular formula is C15H24N2O2S. The van der Waals surface area contributed by atoms with Gasteiger partial charge in [-0.1, -0.05) is 31.9 Å². The van der Waals surface area contributed by atoms with E-state index < -0.39 is 10.0 Å². The van der Waals surface area contributed by atoms with E-state index in [1.165, 1.54) is 12.8 Å². The van der Waals surface area contributed by atoms with Gasteiger partial charge in [-0.05, 0) is 37.8 Å². The molecule has 0 radical (unpaired) electrons. The highest BCUT2D eigenvalue weighted by atomic mass is 32.2. The number of sulfonamides is 1. The van der Waals surface area contributed by atoms with Crippen molar-refractivity contribution in [3.05, 3.63) is 24.3 Å². The van der Waals surface area contributed by atoms with Gasteiger partial charge in [-0.2, -0.15) is 0 Å². The predicted molar refractivity (Wildman–Crippen MR) is 82.3 cm³/mol. The Morgan fingerprint density at radius 2 is 1.95 bits per heavy atom. The fourth-order valence-electron chi connectivity index (χ4n) is 2.37. The normalized spacial score (nSPS) is 16.9. The molecule has 2 N–H and O–H groups in total. The van der Waals surface area contributed by atoms with E-state index in [-0.39, 0.29) is 6.04 Å². The van der Waals surface area contributed by atoms with Gasteiger partial charge in [0.15, 0.2) is 0 Å². The molecule has 112 valence electrons. The van der Waals surface area contributed by atoms with Gasteiger partial charge in [0, 0.05) is 12.6 Å². The summed E-state index contributed by atoms with van der Waals surface area (Å²) in [6, 6.07) is 7.11. The van der Waals surface area contributed by atoms with E-state index >= 15 is 0 Å². The predicted octanol–water partition coefficient (Wildman–Crippen LogP) is 2.98. The second-order valence-electron chi connectivity index (χ2n) is 5.43. The summed E-state index contributed by atoms with van der Waals surface area (Å²) < 4.78 is 28.0. The van der Waals surface area contributed by atoms with Crippen LogP contribution >= 0.6 is 0 Å². The van der Waals surface area contributed by atoms with Crippen molar-refractivity contribution in [1.82, 2.24) is 4.72 Å². The Morgan fingerprint density at radius 1 is 1.25 bits per heavy atom. The number of hydrogen-bond donors (Lipinski definition) is 2. The van der Waals surface area contributed by atoms with Crippen LogP contribution in [0.5, 0.6) is 0 Å². The lowest BCUT2D eigenvalue weighted by Crippen LogP contribution is -2.35. The van der Waals surface area contributed by atoms with Crippen molar-refractivity contribution in [3.63, 3.8) is 0 Å². The lowest BCUT2D eigenvalue weighted by atomic mass is 10.1. The van der Waals surface area contributed by atoms with Crippen molar-refractivity contribution in [3.8, 4) is 0 Å². The van der Waals surface area contributed by atoms with Crippen LogP contribution in [-0.2, 0) is 10.0 Å². The van der Waals surface area contributed by atoms with Crippen LogP contribution in [0, 0.1) is 5.92 Å². The van der Waals surface area contributed by atoms with Crippen molar-refractivity contribution >= 4 is 15.7 Å². The minimum absolute atomic E-state index is 0.0437. The molecule has 1 aliphatic carbocycles. The van der Waals surface area contributed by atoms with E-state index in [2.05, 4.69) is 10.0 Å². The second-order valence-corrected chi connectivity index (χ2v) is 7.11. The molecule has 0 aromatic heterocycles. The zero-order valence-corrected chi connectivity index (χ0v) is 13.0. The van der Waals surface area contributed by atoms with Gasteiger partial charge in [0.05, 0.1) is 5.69 Å². The molecule has 1 saturated carbocycles. The Labute approximate surface area is 122 Å². The number of rotatable bonds is 8. The van der Waals surface area contributed by atoms with Gasteiger partial charge < -0.3 is 5.32 Å². The quantitative estimate of drug-likeness (QED) is 0.775. The van der Waals surface area contributed by atoms with Crippen LogP contribution in [0.3, 0.4) is 0 Å². The smallest absolute Gasteiger partial charge is 0.242 e. The van der Waals surface area contributed by atoms with E-state index in [1.54, 1.807) is 18.2 Å². The maximum atomic E-state index is 12.5. The SMILES string of the molecule is CCNc1ccccc1S(=O)(=O)NC(CC)CC1CC1. The topological polar surface area (TPSA) is 58.2 Å². The first-order chi connectivity index (χ1) is 9.56. The van der Waals surface area contributed by atoms with Crippen molar-refractivity contribution in [1.29, 1.82) is 0 Å². The molecule has 1 aromatic carbocycles. The standard InChI is InChI=1S/C15H24N2O2S/c1-3-13(11-12-9-10-12)17-20(18,19)15-8-6-5-7-14(15)16-4-2/h5-8,12-13,16-17H,3-4,9-11H2,1-2H3. The fraction of sp³-hybridized carbons (Fsp3) is 0.600. The summed E-state index contributed by atoms with van der Waals surface area (Å²) in [5, 5.41) is 3.11. The van der Waals surface area contributed by atoms with Crippen LogP contribution in [0.25, 0.3) is 0 Å². The largest absolute Gasteiger partial charge is 0.384 e. The number of nitrogens with one attached hydrogen (secondary N) is 2. The van der Waals surface area contributed by atoms with E-state index in [9.17, 15) is 8.42 Å². The third kappa shape index (κ3) is 3.96. The summed E-state index contributed by atoms with van der Waals surface area (Å²) in [6.07, 6.45) is 4.27. The Hall–Kier alpha value is -1.07. The van der Waals surface area contributed by atoms with Crippen LogP contribution in [0.15, 0.2) is 29.2 Å². The number of anilines is 1. The molecule has 1 aromatic rings. The van der Waals surface area contributed by atoms with Crippen molar-refractivity contribution in [2.75, 3.05) is 11.9 Å². The molecule has 0 heterocycles. The Bertz CT molecular complexity index is 539. The monoisotopic (exact) mass is 296 g/mol. The fourth-order valence-corrected chi connectivity index (χ4v) is 3.89. The molecule has 1 fully saturated rings. The number of hydrogen-bond acceptors (Lipinski definition) is 3. The molecule has 5 heteroatoms. The number of benzene rings is 1. The molecule has 1 atom stereocenters. The third-order valence-electron chi connectivity index (χ3n) is 3.67. The summed E-state index contributed by atoms with van der Waals surface area (Å²) in [5.74, 6) is 0.715.